The Bertz CT molecular complexity index is 888. The summed E-state index contributed by atoms with van der Waals surface area (Å²) in [5.41, 5.74) is 6.46. The first kappa shape index (κ1) is 29.1. The van der Waals surface area contributed by atoms with Crippen molar-refractivity contribution in [2.75, 3.05) is 6.54 Å². The largest absolute Gasteiger partial charge is 0.381 e. The number of nitrogens with two attached hydrogens (primary N) is 1. The molecule has 0 bridgehead atoms. The van der Waals surface area contributed by atoms with Gasteiger partial charge in [-0.25, -0.2) is 0 Å². The maximum atomic E-state index is 13.8. The van der Waals surface area contributed by atoms with E-state index in [1.807, 2.05) is 20.8 Å². The van der Waals surface area contributed by atoms with E-state index in [4.69, 9.17) is 5.73 Å². The van der Waals surface area contributed by atoms with Gasteiger partial charge in [-0.1, -0.05) is 40.2 Å². The lowest BCUT2D eigenvalue weighted by molar-refractivity contribution is -0.142. The molecule has 10 heteroatoms. The molecule has 2 saturated carbocycles. The van der Waals surface area contributed by atoms with Gasteiger partial charge < -0.3 is 31.7 Å². The summed E-state index contributed by atoms with van der Waals surface area (Å²) in [5.74, 6) is -1.61. The SMILES string of the molecule is C=C(C)[C@@H](NC(=O)[C@@H](N)C(C)C)C(=O)N1C[C@@H]2CCC[C@@H]2[C@H]1C(=O)NC(CCC)C(O)C(=O)NC1CC1. The fraction of sp³-hybridized carbons (Fsp3) is 0.778. The van der Waals surface area contributed by atoms with Crippen LogP contribution in [0.4, 0.5) is 0 Å². The second-order valence-corrected chi connectivity index (χ2v) is 11.5. The highest BCUT2D eigenvalue weighted by molar-refractivity contribution is 5.95. The van der Waals surface area contributed by atoms with Crippen molar-refractivity contribution < 1.29 is 24.3 Å². The van der Waals surface area contributed by atoms with Crippen molar-refractivity contribution in [3.05, 3.63) is 12.2 Å². The molecular formula is C27H45N5O5. The van der Waals surface area contributed by atoms with Crippen molar-refractivity contribution in [1.29, 1.82) is 0 Å². The average molecular weight is 520 g/mol. The maximum Gasteiger partial charge on any atom is 0.251 e. The smallest absolute Gasteiger partial charge is 0.251 e. The van der Waals surface area contributed by atoms with Crippen molar-refractivity contribution >= 4 is 23.6 Å². The van der Waals surface area contributed by atoms with Crippen LogP contribution in [0.2, 0.25) is 0 Å². The van der Waals surface area contributed by atoms with Gasteiger partial charge in [-0.15, -0.1) is 0 Å². The molecular weight excluding hydrogens is 474 g/mol. The predicted molar refractivity (Wildman–Crippen MR) is 140 cm³/mol. The Kier molecular flexibility index (Phi) is 9.74. The zero-order chi connectivity index (χ0) is 27.4. The zero-order valence-corrected chi connectivity index (χ0v) is 22.7. The molecule has 10 nitrogen and oxygen atoms in total. The monoisotopic (exact) mass is 519 g/mol. The van der Waals surface area contributed by atoms with Gasteiger partial charge in [-0.05, 0) is 62.4 Å². The van der Waals surface area contributed by atoms with Crippen LogP contribution < -0.4 is 21.7 Å². The van der Waals surface area contributed by atoms with Crippen molar-refractivity contribution in [1.82, 2.24) is 20.9 Å². The second-order valence-electron chi connectivity index (χ2n) is 11.5. The zero-order valence-electron chi connectivity index (χ0n) is 22.7. The molecule has 3 aliphatic rings. The first-order chi connectivity index (χ1) is 17.5. The van der Waals surface area contributed by atoms with Gasteiger partial charge >= 0.3 is 0 Å². The molecule has 208 valence electrons. The van der Waals surface area contributed by atoms with Gasteiger partial charge in [-0.2, -0.15) is 0 Å². The number of aliphatic hydroxyl groups is 1. The van der Waals surface area contributed by atoms with Gasteiger partial charge in [0.25, 0.3) is 5.91 Å². The molecule has 1 aliphatic heterocycles. The molecule has 2 unspecified atom stereocenters. The third-order valence-corrected chi connectivity index (χ3v) is 7.99. The first-order valence-electron chi connectivity index (χ1n) is 13.8. The summed E-state index contributed by atoms with van der Waals surface area (Å²) in [6.45, 7) is 11.6. The molecule has 0 radical (unpaired) electrons. The van der Waals surface area contributed by atoms with Crippen LogP contribution in [0.15, 0.2) is 12.2 Å². The standard InChI is InChI=1S/C27H45N5O5/c1-6-8-19(23(33)26(36)29-17-11-12-17)30-25(35)22-18-10-7-9-16(18)13-32(22)27(37)21(15(4)5)31-24(34)20(28)14(2)3/h14,16-23,33H,4,6-13,28H2,1-3,5H3,(H,29,36)(H,30,35)(H,31,34)/t16-,18-,19?,20-,21+,22-,23?/m0/s1. The van der Waals surface area contributed by atoms with Gasteiger partial charge in [0.2, 0.25) is 17.7 Å². The minimum absolute atomic E-state index is 0.0111. The molecule has 1 saturated heterocycles. The number of hydrogen-bond donors (Lipinski definition) is 5. The van der Waals surface area contributed by atoms with Crippen LogP contribution in [0, 0.1) is 17.8 Å². The van der Waals surface area contributed by atoms with Crippen LogP contribution in [-0.4, -0.2) is 76.5 Å². The van der Waals surface area contributed by atoms with Gasteiger partial charge in [0.15, 0.2) is 6.10 Å². The molecule has 37 heavy (non-hydrogen) atoms. The van der Waals surface area contributed by atoms with E-state index in [-0.39, 0.29) is 35.6 Å². The number of rotatable bonds is 12. The van der Waals surface area contributed by atoms with E-state index in [2.05, 4.69) is 22.5 Å². The highest BCUT2D eigenvalue weighted by Gasteiger charge is 2.51. The van der Waals surface area contributed by atoms with E-state index >= 15 is 0 Å². The lowest BCUT2D eigenvalue weighted by atomic mass is 9.92. The van der Waals surface area contributed by atoms with Crippen LogP contribution in [0.1, 0.15) is 72.6 Å². The van der Waals surface area contributed by atoms with E-state index in [1.165, 1.54) is 0 Å². The molecule has 3 fully saturated rings. The molecule has 0 spiro atoms. The van der Waals surface area contributed by atoms with Crippen LogP contribution in [0.25, 0.3) is 0 Å². The summed E-state index contributed by atoms with van der Waals surface area (Å²) in [6, 6.07) is -3.16. The fourth-order valence-corrected chi connectivity index (χ4v) is 5.56. The first-order valence-corrected chi connectivity index (χ1v) is 13.8. The predicted octanol–water partition coefficient (Wildman–Crippen LogP) is 0.582. The third-order valence-electron chi connectivity index (χ3n) is 7.99. The van der Waals surface area contributed by atoms with E-state index in [9.17, 15) is 24.3 Å². The highest BCUT2D eigenvalue weighted by Crippen LogP contribution is 2.42. The van der Waals surface area contributed by atoms with Crippen LogP contribution in [-0.2, 0) is 19.2 Å². The summed E-state index contributed by atoms with van der Waals surface area (Å²) in [6.07, 6.45) is 4.24. The third kappa shape index (κ3) is 6.90. The number of likely N-dealkylation sites (tertiary alicyclic amines) is 1. The second kappa shape index (κ2) is 12.4. The molecule has 2 aliphatic carbocycles. The molecule has 1 heterocycles. The Labute approximate surface area is 220 Å². The van der Waals surface area contributed by atoms with Crippen LogP contribution in [0.3, 0.4) is 0 Å². The minimum atomic E-state index is -1.37. The molecule has 0 aromatic heterocycles. The number of nitrogens with zero attached hydrogens (tertiary/aromatic N) is 1. The number of nitrogens with one attached hydrogen (secondary N) is 3. The van der Waals surface area contributed by atoms with Gasteiger partial charge in [0.1, 0.15) is 12.1 Å². The van der Waals surface area contributed by atoms with E-state index < -0.39 is 42.1 Å². The summed E-state index contributed by atoms with van der Waals surface area (Å²) in [4.78, 5) is 54.2. The number of amides is 4. The number of carbonyl (C=O) groups is 4. The average Bonchev–Trinajstić information content (AvgIpc) is 3.41. The lowest BCUT2D eigenvalue weighted by Gasteiger charge is -2.33. The molecule has 6 N–H and O–H groups in total. The quantitative estimate of drug-likeness (QED) is 0.238. The maximum absolute atomic E-state index is 13.8. The molecule has 4 amide bonds. The molecule has 0 aromatic carbocycles. The van der Waals surface area contributed by atoms with Crippen LogP contribution >= 0.6 is 0 Å². The van der Waals surface area contributed by atoms with Crippen molar-refractivity contribution in [3.63, 3.8) is 0 Å². The fourth-order valence-electron chi connectivity index (χ4n) is 5.56. The highest BCUT2D eigenvalue weighted by atomic mass is 16.3. The van der Waals surface area contributed by atoms with Crippen molar-refractivity contribution in [2.24, 2.45) is 23.5 Å². The summed E-state index contributed by atoms with van der Waals surface area (Å²) < 4.78 is 0. The van der Waals surface area contributed by atoms with Crippen molar-refractivity contribution in [3.8, 4) is 0 Å². The topological polar surface area (TPSA) is 154 Å². The van der Waals surface area contributed by atoms with Crippen molar-refractivity contribution in [2.45, 2.75) is 109 Å². The van der Waals surface area contributed by atoms with Gasteiger partial charge in [0.05, 0.1) is 12.1 Å². The Balaban J connectivity index is 1.78. The van der Waals surface area contributed by atoms with E-state index in [0.29, 0.717) is 25.0 Å². The number of carbonyl (C=O) groups excluding carboxylic acids is 4. The van der Waals surface area contributed by atoms with Crippen LogP contribution in [0.5, 0.6) is 0 Å². The molecule has 7 atom stereocenters. The Hall–Kier alpha value is -2.46. The number of hydrogen-bond acceptors (Lipinski definition) is 6. The summed E-state index contributed by atoms with van der Waals surface area (Å²) in [7, 11) is 0. The Morgan fingerprint density at radius 2 is 1.76 bits per heavy atom. The molecule has 0 aromatic rings. The van der Waals surface area contributed by atoms with Gasteiger partial charge in [-0.3, -0.25) is 19.2 Å². The summed E-state index contributed by atoms with van der Waals surface area (Å²) >= 11 is 0. The number of aliphatic hydroxyl groups excluding tert-OH is 1. The van der Waals surface area contributed by atoms with E-state index in [1.54, 1.807) is 11.8 Å². The lowest BCUT2D eigenvalue weighted by Crippen LogP contribution is -2.59. The minimum Gasteiger partial charge on any atom is -0.381 e. The number of fused-ring (bicyclic) bond motifs is 1. The Morgan fingerprint density at radius 1 is 1.08 bits per heavy atom. The van der Waals surface area contributed by atoms with E-state index in [0.717, 1.165) is 32.1 Å². The van der Waals surface area contributed by atoms with Gasteiger partial charge in [0, 0.05) is 12.6 Å². The molecule has 3 rings (SSSR count). The summed E-state index contributed by atoms with van der Waals surface area (Å²) in [5, 5.41) is 19.2. The Morgan fingerprint density at radius 3 is 2.32 bits per heavy atom. The normalized spacial score (nSPS) is 26.1.